The SMILES string of the molecule is O.O=C(O)O.[Fe].[H-].[H-].[Mg+2]. The van der Waals surface area contributed by atoms with Crippen molar-refractivity contribution in [3.05, 3.63) is 0 Å². The summed E-state index contributed by atoms with van der Waals surface area (Å²) in [5, 5.41) is 13.9. The second-order valence-corrected chi connectivity index (χ2v) is 0.283. The first-order chi connectivity index (χ1) is 1.73. The Morgan fingerprint density at radius 2 is 1.43 bits per heavy atom. The van der Waals surface area contributed by atoms with Crippen LogP contribution in [-0.4, -0.2) is 44.9 Å². The van der Waals surface area contributed by atoms with Gasteiger partial charge in [0.25, 0.3) is 0 Å². The molecule has 0 aromatic rings. The van der Waals surface area contributed by atoms with E-state index >= 15 is 0 Å². The van der Waals surface area contributed by atoms with E-state index in [1.807, 2.05) is 0 Å². The first-order valence-electron chi connectivity index (χ1n) is 0.651. The van der Waals surface area contributed by atoms with Crippen LogP contribution in [0.15, 0.2) is 0 Å². The van der Waals surface area contributed by atoms with Crippen molar-refractivity contribution in [3.8, 4) is 0 Å². The maximum absolute atomic E-state index is 8.56. The van der Waals surface area contributed by atoms with Crippen LogP contribution < -0.4 is 0 Å². The van der Waals surface area contributed by atoms with E-state index in [4.69, 9.17) is 15.0 Å². The third-order valence-electron chi connectivity index (χ3n) is 0. The monoisotopic (exact) mass is 162 g/mol. The van der Waals surface area contributed by atoms with Crippen molar-refractivity contribution in [1.82, 2.24) is 0 Å². The molecule has 7 heavy (non-hydrogen) atoms. The van der Waals surface area contributed by atoms with Gasteiger partial charge in [-0.3, -0.25) is 0 Å². The van der Waals surface area contributed by atoms with Crippen LogP contribution in [0.3, 0.4) is 0 Å². The summed E-state index contributed by atoms with van der Waals surface area (Å²) >= 11 is 0. The summed E-state index contributed by atoms with van der Waals surface area (Å²) in [6, 6.07) is 0. The molecule has 0 spiro atoms. The van der Waals surface area contributed by atoms with Gasteiger partial charge >= 0.3 is 29.2 Å². The molecule has 0 rings (SSSR count). The summed E-state index contributed by atoms with van der Waals surface area (Å²) in [4.78, 5) is 8.56. The number of rotatable bonds is 0. The fourth-order valence-corrected chi connectivity index (χ4v) is 0. The summed E-state index contributed by atoms with van der Waals surface area (Å²) in [5.41, 5.74) is 0. The van der Waals surface area contributed by atoms with Crippen LogP contribution in [0, 0.1) is 0 Å². The molecule has 0 aliphatic carbocycles. The molecule has 0 radical (unpaired) electrons. The van der Waals surface area contributed by atoms with Crippen LogP contribution in [0.25, 0.3) is 0 Å². The Balaban J connectivity index is -0.00000000450. The minimum atomic E-state index is -1.83. The largest absolute Gasteiger partial charge is 2.00 e. The third-order valence-corrected chi connectivity index (χ3v) is 0. The first kappa shape index (κ1) is 25.8. The van der Waals surface area contributed by atoms with Crippen LogP contribution >= 0.6 is 0 Å². The van der Waals surface area contributed by atoms with Crippen molar-refractivity contribution in [2.24, 2.45) is 0 Å². The normalized spacial score (nSPS) is 3.43. The molecule has 4 nitrogen and oxygen atoms in total. The Labute approximate surface area is 69.8 Å². The molecule has 0 unspecified atom stereocenters. The molecule has 0 aliphatic rings. The second kappa shape index (κ2) is 16.0. The predicted molar refractivity (Wildman–Crippen MR) is 22.2 cm³/mol. The van der Waals surface area contributed by atoms with E-state index in [-0.39, 0.29) is 48.5 Å². The van der Waals surface area contributed by atoms with E-state index in [2.05, 4.69) is 0 Å². The van der Waals surface area contributed by atoms with Crippen LogP contribution in [0.5, 0.6) is 0 Å². The van der Waals surface area contributed by atoms with Crippen LogP contribution in [0.2, 0.25) is 0 Å². The fraction of sp³-hybridized carbons (Fsp3) is 0. The maximum Gasteiger partial charge on any atom is 2.00 e. The van der Waals surface area contributed by atoms with Gasteiger partial charge in [0.15, 0.2) is 0 Å². The molecule has 4 N–H and O–H groups in total. The Kier molecular flexibility index (Phi) is 59.1. The number of hydrogen-bond acceptors (Lipinski definition) is 1. The van der Waals surface area contributed by atoms with Crippen LogP contribution in [-0.2, 0) is 17.1 Å². The number of carbonyl (C=O) groups is 1. The van der Waals surface area contributed by atoms with E-state index in [1.54, 1.807) is 0 Å². The molecule has 44 valence electrons. The summed E-state index contributed by atoms with van der Waals surface area (Å²) in [6.45, 7) is 0. The number of hydrogen-bond donors (Lipinski definition) is 2. The van der Waals surface area contributed by atoms with Gasteiger partial charge < -0.3 is 18.5 Å². The molecule has 0 saturated carbocycles. The molecule has 0 bridgehead atoms. The van der Waals surface area contributed by atoms with Crippen LogP contribution in [0.1, 0.15) is 2.85 Å². The Morgan fingerprint density at radius 3 is 1.43 bits per heavy atom. The average molecular weight is 162 g/mol. The Hall–Kier alpha value is 0.516. The van der Waals surface area contributed by atoms with Gasteiger partial charge in [0, 0.05) is 17.1 Å². The van der Waals surface area contributed by atoms with Gasteiger partial charge in [-0.2, -0.15) is 0 Å². The van der Waals surface area contributed by atoms with Gasteiger partial charge in [-0.1, -0.05) is 0 Å². The summed E-state index contributed by atoms with van der Waals surface area (Å²) in [7, 11) is 0. The molecule has 0 aromatic heterocycles. The van der Waals surface area contributed by atoms with Gasteiger partial charge in [-0.05, 0) is 0 Å². The number of carboxylic acid groups (broad SMARTS) is 2. The Morgan fingerprint density at radius 1 is 1.43 bits per heavy atom. The van der Waals surface area contributed by atoms with Gasteiger partial charge in [-0.15, -0.1) is 0 Å². The van der Waals surface area contributed by atoms with Crippen LogP contribution in [0.4, 0.5) is 4.79 Å². The first-order valence-corrected chi connectivity index (χ1v) is 0.651. The van der Waals surface area contributed by atoms with Crippen molar-refractivity contribution in [1.29, 1.82) is 0 Å². The zero-order valence-electron chi connectivity index (χ0n) is 5.36. The van der Waals surface area contributed by atoms with Gasteiger partial charge in [-0.25, -0.2) is 4.79 Å². The summed E-state index contributed by atoms with van der Waals surface area (Å²) in [6.07, 6.45) is -1.83. The van der Waals surface area contributed by atoms with E-state index in [9.17, 15) is 0 Å². The van der Waals surface area contributed by atoms with E-state index in [0.29, 0.717) is 0 Å². The van der Waals surface area contributed by atoms with Gasteiger partial charge in [0.05, 0.1) is 0 Å². The van der Waals surface area contributed by atoms with Crippen molar-refractivity contribution in [2.75, 3.05) is 0 Å². The molecular formula is CH6FeMgO4. The maximum atomic E-state index is 8.56. The average Bonchev–Trinajstić information content (AvgIpc) is 0.811. The summed E-state index contributed by atoms with van der Waals surface area (Å²) in [5.74, 6) is 0. The van der Waals surface area contributed by atoms with Crippen molar-refractivity contribution < 1.29 is 40.4 Å². The topological polar surface area (TPSA) is 89.0 Å². The van der Waals surface area contributed by atoms with Gasteiger partial charge in [0.1, 0.15) is 0 Å². The molecule has 0 saturated heterocycles. The fourth-order valence-electron chi connectivity index (χ4n) is 0. The minimum absolute atomic E-state index is 0. The second-order valence-electron chi connectivity index (χ2n) is 0.283. The van der Waals surface area contributed by atoms with E-state index in [1.165, 1.54) is 0 Å². The predicted octanol–water partition coefficient (Wildman–Crippen LogP) is -0.761. The molecule has 0 aliphatic heterocycles. The molecular weight excluding hydrogens is 156 g/mol. The minimum Gasteiger partial charge on any atom is -1.00 e. The van der Waals surface area contributed by atoms with Crippen molar-refractivity contribution in [2.45, 2.75) is 0 Å². The zero-order chi connectivity index (χ0) is 3.58. The van der Waals surface area contributed by atoms with Crippen molar-refractivity contribution >= 4 is 29.2 Å². The molecule has 0 amide bonds. The summed E-state index contributed by atoms with van der Waals surface area (Å²) < 4.78 is 0. The Bertz CT molecular complexity index is 41.5. The molecule has 0 atom stereocenters. The van der Waals surface area contributed by atoms with E-state index in [0.717, 1.165) is 0 Å². The third kappa shape index (κ3) is 500. The quantitative estimate of drug-likeness (QED) is 0.459. The molecule has 6 heteroatoms. The zero-order valence-corrected chi connectivity index (χ0v) is 5.88. The molecule has 0 fully saturated rings. The standard InChI is InChI=1S/CH2O3.Fe.Mg.H2O.2H/c2-1(3)4;;;;;/h(H2,2,3,4);;;1H2;;/q;;+2;;2*-1. The van der Waals surface area contributed by atoms with Crippen molar-refractivity contribution in [3.63, 3.8) is 0 Å². The molecule has 0 heterocycles. The smallest absolute Gasteiger partial charge is 1.00 e. The van der Waals surface area contributed by atoms with E-state index < -0.39 is 6.16 Å². The molecule has 0 aromatic carbocycles. The van der Waals surface area contributed by atoms with Gasteiger partial charge in [0.2, 0.25) is 0 Å².